The number of halogens is 3. The number of benzene rings is 1. The van der Waals surface area contributed by atoms with E-state index in [1.165, 1.54) is 18.5 Å². The first-order chi connectivity index (χ1) is 8.53. The predicted octanol–water partition coefficient (Wildman–Crippen LogP) is 2.97. The van der Waals surface area contributed by atoms with Gasteiger partial charge in [0.2, 0.25) is 0 Å². The van der Waals surface area contributed by atoms with E-state index in [1.54, 1.807) is 24.5 Å². The average Bonchev–Trinajstić information content (AvgIpc) is 2.31. The molecule has 0 aliphatic heterocycles. The summed E-state index contributed by atoms with van der Waals surface area (Å²) in [5, 5.41) is 0. The number of hydrogen-bond donors (Lipinski definition) is 0. The molecule has 2 aromatic rings. The van der Waals surface area contributed by atoms with Gasteiger partial charge in [0.15, 0.2) is 0 Å². The summed E-state index contributed by atoms with van der Waals surface area (Å²) < 4.78 is 39.6. The lowest BCUT2D eigenvalue weighted by Gasteiger charge is -2.09. The van der Waals surface area contributed by atoms with Crippen molar-refractivity contribution in [3.63, 3.8) is 0 Å². The van der Waals surface area contributed by atoms with E-state index in [0.29, 0.717) is 6.42 Å². The van der Waals surface area contributed by atoms with E-state index in [1.807, 2.05) is 0 Å². The monoisotopic (exact) mass is 254 g/mol. The molecule has 0 radical (unpaired) electrons. The van der Waals surface area contributed by atoms with Crippen molar-refractivity contribution in [2.45, 2.75) is 12.8 Å². The van der Waals surface area contributed by atoms with Gasteiger partial charge in [0.25, 0.3) is 0 Å². The molecule has 1 aromatic carbocycles. The summed E-state index contributed by atoms with van der Waals surface area (Å²) in [6.07, 6.45) is 0.645. The van der Waals surface area contributed by atoms with Gasteiger partial charge in [0.05, 0.1) is 0 Å². The standard InChI is InChI=1S/C12H9F3N2O/c13-12(14,15)18-11-3-1-9(2-4-11)5-10-6-16-8-17-7-10/h1-4,6-8H,5H2. The van der Waals surface area contributed by atoms with Crippen molar-refractivity contribution in [2.75, 3.05) is 0 Å². The Morgan fingerprint density at radius 2 is 1.56 bits per heavy atom. The van der Waals surface area contributed by atoms with Crippen LogP contribution >= 0.6 is 0 Å². The summed E-state index contributed by atoms with van der Waals surface area (Å²) in [4.78, 5) is 7.72. The van der Waals surface area contributed by atoms with Crippen molar-refractivity contribution < 1.29 is 17.9 Å². The molecular formula is C12H9F3N2O. The van der Waals surface area contributed by atoms with Crippen molar-refractivity contribution >= 4 is 0 Å². The number of alkyl halides is 3. The molecule has 18 heavy (non-hydrogen) atoms. The molecule has 0 saturated heterocycles. The van der Waals surface area contributed by atoms with Crippen LogP contribution in [0.15, 0.2) is 43.0 Å². The lowest BCUT2D eigenvalue weighted by molar-refractivity contribution is -0.274. The van der Waals surface area contributed by atoms with Gasteiger partial charge in [0.1, 0.15) is 12.1 Å². The third-order valence-electron chi connectivity index (χ3n) is 2.18. The van der Waals surface area contributed by atoms with Gasteiger partial charge in [-0.05, 0) is 23.3 Å². The topological polar surface area (TPSA) is 35.0 Å². The minimum Gasteiger partial charge on any atom is -0.406 e. The minimum absolute atomic E-state index is 0.226. The van der Waals surface area contributed by atoms with E-state index < -0.39 is 6.36 Å². The maximum Gasteiger partial charge on any atom is 0.573 e. The third kappa shape index (κ3) is 3.73. The van der Waals surface area contributed by atoms with Crippen LogP contribution in [0.3, 0.4) is 0 Å². The molecule has 1 aromatic heterocycles. The Labute approximate surface area is 101 Å². The molecule has 0 amide bonds. The van der Waals surface area contributed by atoms with Crippen LogP contribution < -0.4 is 4.74 Å². The Bertz CT molecular complexity index is 497. The smallest absolute Gasteiger partial charge is 0.406 e. The van der Waals surface area contributed by atoms with Gasteiger partial charge in [-0.15, -0.1) is 13.2 Å². The van der Waals surface area contributed by atoms with E-state index in [4.69, 9.17) is 0 Å². The van der Waals surface area contributed by atoms with Crippen LogP contribution in [0.1, 0.15) is 11.1 Å². The van der Waals surface area contributed by atoms with Crippen LogP contribution in [0.25, 0.3) is 0 Å². The Kier molecular flexibility index (Phi) is 3.45. The first-order valence-electron chi connectivity index (χ1n) is 5.11. The van der Waals surface area contributed by atoms with Crippen LogP contribution in [0.5, 0.6) is 5.75 Å². The van der Waals surface area contributed by atoms with Gasteiger partial charge in [-0.1, -0.05) is 12.1 Å². The van der Waals surface area contributed by atoms with Crippen LogP contribution in [0, 0.1) is 0 Å². The van der Waals surface area contributed by atoms with Gasteiger partial charge in [-0.3, -0.25) is 0 Å². The molecule has 0 N–H and O–H groups in total. The van der Waals surface area contributed by atoms with Crippen LogP contribution in [-0.2, 0) is 6.42 Å². The molecule has 0 fully saturated rings. The highest BCUT2D eigenvalue weighted by atomic mass is 19.4. The number of nitrogens with zero attached hydrogens (tertiary/aromatic N) is 2. The lowest BCUT2D eigenvalue weighted by Crippen LogP contribution is -2.17. The Morgan fingerprint density at radius 3 is 2.11 bits per heavy atom. The number of ether oxygens (including phenoxy) is 1. The molecule has 2 rings (SSSR count). The molecule has 0 saturated carbocycles. The fourth-order valence-corrected chi connectivity index (χ4v) is 1.47. The first kappa shape index (κ1) is 12.3. The summed E-state index contributed by atoms with van der Waals surface area (Å²) in [5.41, 5.74) is 1.75. The van der Waals surface area contributed by atoms with Crippen LogP contribution in [0.2, 0.25) is 0 Å². The second kappa shape index (κ2) is 5.03. The summed E-state index contributed by atoms with van der Waals surface area (Å²) in [5.74, 6) is -0.226. The minimum atomic E-state index is -4.66. The zero-order chi connectivity index (χ0) is 13.0. The van der Waals surface area contributed by atoms with Gasteiger partial charge in [-0.25, -0.2) is 9.97 Å². The summed E-state index contributed by atoms with van der Waals surface area (Å²) in [6.45, 7) is 0. The molecule has 0 aliphatic carbocycles. The molecule has 0 aliphatic rings. The molecule has 3 nitrogen and oxygen atoms in total. The molecule has 0 unspecified atom stereocenters. The maximum absolute atomic E-state index is 11.9. The van der Waals surface area contributed by atoms with Gasteiger partial charge < -0.3 is 4.74 Å². The van der Waals surface area contributed by atoms with Crippen molar-refractivity contribution in [3.05, 3.63) is 54.1 Å². The van der Waals surface area contributed by atoms with Crippen molar-refractivity contribution in [1.29, 1.82) is 0 Å². The van der Waals surface area contributed by atoms with E-state index >= 15 is 0 Å². The average molecular weight is 254 g/mol. The second-order valence-corrected chi connectivity index (χ2v) is 3.62. The molecule has 0 atom stereocenters. The molecule has 0 bridgehead atoms. The summed E-state index contributed by atoms with van der Waals surface area (Å²) in [6, 6.07) is 5.72. The van der Waals surface area contributed by atoms with E-state index in [-0.39, 0.29) is 5.75 Å². The van der Waals surface area contributed by atoms with E-state index in [2.05, 4.69) is 14.7 Å². The highest BCUT2D eigenvalue weighted by Crippen LogP contribution is 2.23. The van der Waals surface area contributed by atoms with Crippen LogP contribution in [0.4, 0.5) is 13.2 Å². The predicted molar refractivity (Wildman–Crippen MR) is 58.0 cm³/mol. The van der Waals surface area contributed by atoms with Crippen molar-refractivity contribution in [1.82, 2.24) is 9.97 Å². The third-order valence-corrected chi connectivity index (χ3v) is 2.18. The fourth-order valence-electron chi connectivity index (χ4n) is 1.47. The van der Waals surface area contributed by atoms with E-state index in [9.17, 15) is 13.2 Å². The van der Waals surface area contributed by atoms with Gasteiger partial charge in [-0.2, -0.15) is 0 Å². The van der Waals surface area contributed by atoms with E-state index in [0.717, 1.165) is 11.1 Å². The first-order valence-corrected chi connectivity index (χ1v) is 5.11. The Morgan fingerprint density at radius 1 is 0.944 bits per heavy atom. The quantitative estimate of drug-likeness (QED) is 0.844. The maximum atomic E-state index is 11.9. The summed E-state index contributed by atoms with van der Waals surface area (Å²) >= 11 is 0. The fraction of sp³-hybridized carbons (Fsp3) is 0.167. The Balaban J connectivity index is 2.04. The van der Waals surface area contributed by atoms with Gasteiger partial charge >= 0.3 is 6.36 Å². The molecule has 1 heterocycles. The highest BCUT2D eigenvalue weighted by molar-refractivity contribution is 5.30. The SMILES string of the molecule is FC(F)(F)Oc1ccc(Cc2cncnc2)cc1. The zero-order valence-electron chi connectivity index (χ0n) is 9.19. The molecule has 94 valence electrons. The molecule has 0 spiro atoms. The Hall–Kier alpha value is -2.11. The number of rotatable bonds is 3. The number of hydrogen-bond acceptors (Lipinski definition) is 3. The second-order valence-electron chi connectivity index (χ2n) is 3.62. The zero-order valence-corrected chi connectivity index (χ0v) is 9.19. The van der Waals surface area contributed by atoms with Crippen LogP contribution in [-0.4, -0.2) is 16.3 Å². The lowest BCUT2D eigenvalue weighted by atomic mass is 10.1. The summed E-state index contributed by atoms with van der Waals surface area (Å²) in [7, 11) is 0. The molecule has 6 heteroatoms. The van der Waals surface area contributed by atoms with Crippen molar-refractivity contribution in [2.24, 2.45) is 0 Å². The normalized spacial score (nSPS) is 11.3. The number of aromatic nitrogens is 2. The van der Waals surface area contributed by atoms with Gasteiger partial charge in [0, 0.05) is 18.8 Å². The largest absolute Gasteiger partial charge is 0.573 e. The highest BCUT2D eigenvalue weighted by Gasteiger charge is 2.30. The molecular weight excluding hydrogens is 245 g/mol. The van der Waals surface area contributed by atoms with Crippen molar-refractivity contribution in [3.8, 4) is 5.75 Å².